The first-order chi connectivity index (χ1) is 14.9. The number of carbonyl (C=O) groups is 1. The minimum absolute atomic E-state index is 0.0742. The highest BCUT2D eigenvalue weighted by atomic mass is 35.5. The van der Waals surface area contributed by atoms with Gasteiger partial charge >= 0.3 is 6.16 Å². The zero-order valence-electron chi connectivity index (χ0n) is 16.2. The van der Waals surface area contributed by atoms with Crippen molar-refractivity contribution >= 4 is 29.4 Å². The van der Waals surface area contributed by atoms with Crippen molar-refractivity contribution in [3.63, 3.8) is 0 Å². The van der Waals surface area contributed by atoms with E-state index in [4.69, 9.17) is 37.4 Å². The summed E-state index contributed by atoms with van der Waals surface area (Å²) in [4.78, 5) is 12.2. The highest BCUT2D eigenvalue weighted by Gasteiger charge is 2.52. The molecule has 156 valence electrons. The molecule has 31 heavy (non-hydrogen) atoms. The van der Waals surface area contributed by atoms with Crippen LogP contribution in [0.5, 0.6) is 17.2 Å². The van der Waals surface area contributed by atoms with Crippen molar-refractivity contribution < 1.29 is 19.0 Å². The number of nitrogens with zero attached hydrogens (tertiary/aromatic N) is 1. The second-order valence-electron chi connectivity index (χ2n) is 7.05. The molecular formula is C24H17Cl2NO4. The fourth-order valence-corrected chi connectivity index (χ4v) is 3.65. The first-order valence-electron chi connectivity index (χ1n) is 9.53. The molecule has 0 N–H and O–H groups in total. The predicted molar refractivity (Wildman–Crippen MR) is 117 cm³/mol. The minimum Gasteiger partial charge on any atom is -0.457 e. The molecule has 5 nitrogen and oxygen atoms in total. The van der Waals surface area contributed by atoms with Crippen LogP contribution in [0, 0.1) is 11.3 Å². The number of halogens is 2. The van der Waals surface area contributed by atoms with Crippen molar-refractivity contribution in [3.8, 4) is 23.3 Å². The Hall–Kier alpha value is -3.20. The molecule has 2 atom stereocenters. The van der Waals surface area contributed by atoms with Crippen LogP contribution < -0.4 is 9.47 Å². The summed E-state index contributed by atoms with van der Waals surface area (Å²) in [5.74, 6) is 1.54. The first kappa shape index (κ1) is 21.0. The van der Waals surface area contributed by atoms with Crippen LogP contribution >= 0.6 is 23.2 Å². The summed E-state index contributed by atoms with van der Waals surface area (Å²) >= 11 is 12.1. The van der Waals surface area contributed by atoms with Gasteiger partial charge in [0.05, 0.1) is 0 Å². The summed E-state index contributed by atoms with van der Waals surface area (Å²) in [5.41, 5.74) is 1.44. The molecule has 1 aliphatic rings. The summed E-state index contributed by atoms with van der Waals surface area (Å²) in [6.45, 7) is 0. The molecule has 0 aliphatic heterocycles. The third-order valence-corrected chi connectivity index (χ3v) is 5.62. The molecule has 7 heteroatoms. The molecule has 1 aliphatic carbocycles. The van der Waals surface area contributed by atoms with E-state index in [0.29, 0.717) is 29.2 Å². The number of benzene rings is 3. The van der Waals surface area contributed by atoms with Gasteiger partial charge in [-0.15, -0.1) is 23.2 Å². The Morgan fingerprint density at radius 3 is 2.29 bits per heavy atom. The molecule has 0 amide bonds. The fraction of sp³-hybridized carbons (Fsp3) is 0.167. The number of nitriles is 1. The van der Waals surface area contributed by atoms with Crippen molar-refractivity contribution in [2.24, 2.45) is 0 Å². The van der Waals surface area contributed by atoms with Gasteiger partial charge in [0.15, 0.2) is 0 Å². The Bertz CT molecular complexity index is 1110. The van der Waals surface area contributed by atoms with Gasteiger partial charge in [0.25, 0.3) is 0 Å². The van der Waals surface area contributed by atoms with Crippen LogP contribution in [0.25, 0.3) is 0 Å². The highest BCUT2D eigenvalue weighted by Crippen LogP contribution is 2.59. The zero-order valence-corrected chi connectivity index (χ0v) is 17.7. The average molecular weight is 454 g/mol. The van der Waals surface area contributed by atoms with Crippen LogP contribution in [0.4, 0.5) is 4.79 Å². The van der Waals surface area contributed by atoms with E-state index in [2.05, 4.69) is 0 Å². The van der Waals surface area contributed by atoms with E-state index in [1.807, 2.05) is 36.4 Å². The number of hydrogen-bond donors (Lipinski definition) is 0. The second-order valence-corrected chi connectivity index (χ2v) is 8.60. The summed E-state index contributed by atoms with van der Waals surface area (Å²) < 4.78 is 15.4. The third kappa shape index (κ3) is 5.29. The number of hydrogen-bond acceptors (Lipinski definition) is 5. The lowest BCUT2D eigenvalue weighted by molar-refractivity contribution is 0.0784. The number of alkyl halides is 2. The van der Waals surface area contributed by atoms with E-state index < -0.39 is 16.6 Å². The Labute approximate surface area is 189 Å². The summed E-state index contributed by atoms with van der Waals surface area (Å²) in [7, 11) is 0. The van der Waals surface area contributed by atoms with Crippen molar-refractivity contribution in [2.75, 3.05) is 0 Å². The molecule has 3 aromatic carbocycles. The molecule has 2 unspecified atom stereocenters. The van der Waals surface area contributed by atoms with E-state index in [1.165, 1.54) is 0 Å². The van der Waals surface area contributed by atoms with Crippen LogP contribution in [-0.4, -0.2) is 10.5 Å². The number of rotatable bonds is 6. The van der Waals surface area contributed by atoms with Gasteiger partial charge in [-0.2, -0.15) is 5.26 Å². The van der Waals surface area contributed by atoms with Crippen molar-refractivity contribution in [2.45, 2.75) is 22.8 Å². The topological polar surface area (TPSA) is 68.5 Å². The van der Waals surface area contributed by atoms with Crippen molar-refractivity contribution in [3.05, 3.63) is 90.0 Å². The summed E-state index contributed by atoms with van der Waals surface area (Å²) in [5, 5.41) is 9.48. The normalized spacial score (nSPS) is 17.1. The molecule has 0 saturated heterocycles. The second kappa shape index (κ2) is 8.89. The SMILES string of the molecule is N#CC(OC(=O)Oc1ccc(C2CC2(Cl)Cl)cc1)c1cccc(Oc2ccccc2)c1. The summed E-state index contributed by atoms with van der Waals surface area (Å²) in [6, 6.07) is 24.8. The maximum absolute atomic E-state index is 12.2. The Morgan fingerprint density at radius 1 is 0.968 bits per heavy atom. The van der Waals surface area contributed by atoms with Gasteiger partial charge in [-0.05, 0) is 48.4 Å². The molecule has 0 heterocycles. The molecule has 0 spiro atoms. The molecule has 3 aromatic rings. The predicted octanol–water partition coefficient (Wildman–Crippen LogP) is 6.92. The number of carbonyl (C=O) groups excluding carboxylic acids is 1. The van der Waals surface area contributed by atoms with Gasteiger partial charge < -0.3 is 14.2 Å². The van der Waals surface area contributed by atoms with Gasteiger partial charge in [-0.3, -0.25) is 0 Å². The monoisotopic (exact) mass is 453 g/mol. The number of para-hydroxylation sites is 1. The molecule has 0 bridgehead atoms. The van der Waals surface area contributed by atoms with Crippen LogP contribution in [0.15, 0.2) is 78.9 Å². The van der Waals surface area contributed by atoms with Crippen LogP contribution in [0.3, 0.4) is 0 Å². The van der Waals surface area contributed by atoms with Crippen molar-refractivity contribution in [1.82, 2.24) is 0 Å². The van der Waals surface area contributed by atoms with E-state index in [9.17, 15) is 10.1 Å². The fourth-order valence-electron chi connectivity index (χ4n) is 3.09. The summed E-state index contributed by atoms with van der Waals surface area (Å²) in [6.07, 6.45) is -1.44. The van der Waals surface area contributed by atoms with Crippen LogP contribution in [-0.2, 0) is 4.74 Å². The van der Waals surface area contributed by atoms with Crippen molar-refractivity contribution in [1.29, 1.82) is 5.26 Å². The van der Waals surface area contributed by atoms with Gasteiger partial charge in [0, 0.05) is 11.5 Å². The van der Waals surface area contributed by atoms with Gasteiger partial charge in [0.1, 0.15) is 27.7 Å². The standard InChI is InChI=1S/C24H17Cl2NO4/c25-24(26)14-21(24)16-9-11-19(12-10-16)30-23(28)31-22(15-27)17-5-4-8-20(13-17)29-18-6-2-1-3-7-18/h1-13,21-22H,14H2. The quantitative estimate of drug-likeness (QED) is 0.230. The van der Waals surface area contributed by atoms with Crippen LogP contribution in [0.1, 0.15) is 29.6 Å². The lowest BCUT2D eigenvalue weighted by Crippen LogP contribution is -2.14. The first-order valence-corrected chi connectivity index (χ1v) is 10.3. The lowest BCUT2D eigenvalue weighted by atomic mass is 10.1. The molecule has 1 fully saturated rings. The lowest BCUT2D eigenvalue weighted by Gasteiger charge is -2.13. The van der Waals surface area contributed by atoms with E-state index in [0.717, 1.165) is 5.56 Å². The molecule has 1 saturated carbocycles. The minimum atomic E-state index is -1.15. The molecular weight excluding hydrogens is 437 g/mol. The van der Waals surface area contributed by atoms with Gasteiger partial charge in [0.2, 0.25) is 6.10 Å². The molecule has 4 rings (SSSR count). The van der Waals surface area contributed by atoms with E-state index >= 15 is 0 Å². The maximum atomic E-state index is 12.2. The Kier molecular flexibility index (Phi) is 6.03. The maximum Gasteiger partial charge on any atom is 0.515 e. The smallest absolute Gasteiger partial charge is 0.457 e. The van der Waals surface area contributed by atoms with E-state index in [1.54, 1.807) is 48.5 Å². The third-order valence-electron chi connectivity index (χ3n) is 4.78. The van der Waals surface area contributed by atoms with Crippen LogP contribution in [0.2, 0.25) is 0 Å². The highest BCUT2D eigenvalue weighted by molar-refractivity contribution is 6.51. The van der Waals surface area contributed by atoms with Gasteiger partial charge in [-0.1, -0.05) is 42.5 Å². The Morgan fingerprint density at radius 2 is 1.65 bits per heavy atom. The van der Waals surface area contributed by atoms with Gasteiger partial charge in [-0.25, -0.2) is 4.79 Å². The molecule has 0 radical (unpaired) electrons. The molecule has 0 aromatic heterocycles. The Balaban J connectivity index is 1.38. The average Bonchev–Trinajstić information content (AvgIpc) is 3.41. The number of ether oxygens (including phenoxy) is 3. The largest absolute Gasteiger partial charge is 0.515 e. The zero-order chi connectivity index (χ0) is 21.8. The van der Waals surface area contributed by atoms with E-state index in [-0.39, 0.29) is 5.92 Å².